The Hall–Kier alpha value is -3.26. The number of allylic oxidation sites excluding steroid dienone is 1. The van der Waals surface area contributed by atoms with Gasteiger partial charge in [-0.25, -0.2) is 13.8 Å². The van der Waals surface area contributed by atoms with Gasteiger partial charge in [0.25, 0.3) is 6.43 Å². The van der Waals surface area contributed by atoms with E-state index in [0.29, 0.717) is 17.6 Å². The highest BCUT2D eigenvalue weighted by Gasteiger charge is 2.19. The summed E-state index contributed by atoms with van der Waals surface area (Å²) < 4.78 is 32.1. The SMILES string of the molecule is CCc1[nH]c2ncc(/C(C=NC3CCN(C)CC3)=C(/N)OC)cc2c1-c1cccc(C(F)F)c1. The molecule has 2 aromatic heterocycles. The maximum Gasteiger partial charge on any atom is 0.263 e. The molecule has 0 aliphatic carbocycles. The fourth-order valence-electron chi connectivity index (χ4n) is 4.41. The number of hydrogen-bond acceptors (Lipinski definition) is 5. The number of benzene rings is 1. The number of aromatic amines is 1. The number of halogens is 2. The zero-order valence-corrected chi connectivity index (χ0v) is 19.8. The van der Waals surface area contributed by atoms with Crippen LogP contribution in [0, 0.1) is 0 Å². The van der Waals surface area contributed by atoms with E-state index >= 15 is 0 Å². The number of alkyl halides is 2. The summed E-state index contributed by atoms with van der Waals surface area (Å²) in [7, 11) is 3.64. The van der Waals surface area contributed by atoms with Crippen molar-refractivity contribution in [1.29, 1.82) is 0 Å². The van der Waals surface area contributed by atoms with Gasteiger partial charge in [-0.1, -0.05) is 25.1 Å². The highest BCUT2D eigenvalue weighted by atomic mass is 19.3. The maximum atomic E-state index is 13.4. The second kappa shape index (κ2) is 10.3. The number of ether oxygens (including phenoxy) is 1. The van der Waals surface area contributed by atoms with Crippen LogP contribution >= 0.6 is 0 Å². The highest BCUT2D eigenvalue weighted by molar-refractivity contribution is 6.11. The smallest absolute Gasteiger partial charge is 0.263 e. The molecule has 3 N–H and O–H groups in total. The number of rotatable bonds is 7. The van der Waals surface area contributed by atoms with Crippen LogP contribution in [0.15, 0.2) is 47.4 Å². The average Bonchev–Trinajstić information content (AvgIpc) is 3.23. The van der Waals surface area contributed by atoms with Crippen molar-refractivity contribution in [3.05, 3.63) is 59.2 Å². The van der Waals surface area contributed by atoms with Crippen LogP contribution in [-0.4, -0.2) is 54.4 Å². The summed E-state index contributed by atoms with van der Waals surface area (Å²) in [5.74, 6) is 0.255. The number of nitrogens with zero attached hydrogens (tertiary/aromatic N) is 3. The van der Waals surface area contributed by atoms with E-state index in [9.17, 15) is 8.78 Å². The average molecular weight is 468 g/mol. The standard InChI is InChI=1S/C26H31F2N5O/c1-4-22-23(16-6-5-7-17(12-16)24(27)28)20-13-18(14-31-26(20)32-22)21(25(29)34-3)15-30-19-8-10-33(2)11-9-19/h5-7,12-15,19,24H,4,8-11,29H2,1-3H3,(H,31,32)/b25-21-,30-15?. The van der Waals surface area contributed by atoms with Crippen LogP contribution in [0.25, 0.3) is 27.7 Å². The molecular weight excluding hydrogens is 436 g/mol. The molecule has 1 fully saturated rings. The third-order valence-electron chi connectivity index (χ3n) is 6.41. The Balaban J connectivity index is 1.78. The summed E-state index contributed by atoms with van der Waals surface area (Å²) in [6.07, 6.45) is 3.68. The van der Waals surface area contributed by atoms with E-state index in [0.717, 1.165) is 53.7 Å². The first-order valence-electron chi connectivity index (χ1n) is 11.6. The third-order valence-corrected chi connectivity index (χ3v) is 6.41. The quantitative estimate of drug-likeness (QED) is 0.371. The minimum absolute atomic E-state index is 0.00695. The Morgan fingerprint density at radius 2 is 2.09 bits per heavy atom. The summed E-state index contributed by atoms with van der Waals surface area (Å²) in [4.78, 5) is 15.0. The number of H-pyrrole nitrogens is 1. The van der Waals surface area contributed by atoms with Crippen LogP contribution in [0.3, 0.4) is 0 Å². The summed E-state index contributed by atoms with van der Waals surface area (Å²) in [6.45, 7) is 4.05. The number of hydrogen-bond donors (Lipinski definition) is 2. The Kier molecular flexibility index (Phi) is 7.26. The molecule has 3 heterocycles. The number of aromatic nitrogens is 2. The number of methoxy groups -OCH3 is 1. The molecule has 0 spiro atoms. The number of likely N-dealkylation sites (tertiary alicyclic amines) is 1. The normalized spacial score (nSPS) is 16.5. The van der Waals surface area contributed by atoms with E-state index in [4.69, 9.17) is 15.5 Å². The van der Waals surface area contributed by atoms with Crippen molar-refractivity contribution in [3.63, 3.8) is 0 Å². The zero-order valence-electron chi connectivity index (χ0n) is 19.8. The molecule has 0 unspecified atom stereocenters. The van der Waals surface area contributed by atoms with Gasteiger partial charge < -0.3 is 20.4 Å². The lowest BCUT2D eigenvalue weighted by atomic mass is 9.98. The molecule has 1 aromatic carbocycles. The van der Waals surface area contributed by atoms with Crippen molar-refractivity contribution in [2.24, 2.45) is 10.7 Å². The molecular formula is C26H31F2N5O. The Bertz CT molecular complexity index is 1210. The lowest BCUT2D eigenvalue weighted by Crippen LogP contribution is -2.32. The number of aryl methyl sites for hydroxylation is 1. The monoisotopic (exact) mass is 467 g/mol. The van der Waals surface area contributed by atoms with Gasteiger partial charge in [0.15, 0.2) is 5.88 Å². The van der Waals surface area contributed by atoms with Crippen molar-refractivity contribution < 1.29 is 13.5 Å². The first-order chi connectivity index (χ1) is 16.4. The van der Waals surface area contributed by atoms with Gasteiger partial charge in [0.1, 0.15) is 5.65 Å². The molecule has 0 amide bonds. The van der Waals surface area contributed by atoms with Crippen molar-refractivity contribution in [1.82, 2.24) is 14.9 Å². The Morgan fingerprint density at radius 1 is 1.32 bits per heavy atom. The van der Waals surface area contributed by atoms with Gasteiger partial charge in [0.2, 0.25) is 0 Å². The summed E-state index contributed by atoms with van der Waals surface area (Å²) in [5, 5.41) is 0.842. The highest BCUT2D eigenvalue weighted by Crippen LogP contribution is 2.35. The number of nitrogens with two attached hydrogens (primary N) is 1. The molecule has 6 nitrogen and oxygen atoms in total. The number of fused-ring (bicyclic) bond motifs is 1. The van der Waals surface area contributed by atoms with Crippen molar-refractivity contribution in [2.45, 2.75) is 38.7 Å². The van der Waals surface area contributed by atoms with Gasteiger partial charge in [0, 0.05) is 40.2 Å². The molecule has 180 valence electrons. The molecule has 1 aliphatic rings. The van der Waals surface area contributed by atoms with Gasteiger partial charge >= 0.3 is 0 Å². The molecule has 8 heteroatoms. The molecule has 3 aromatic rings. The molecule has 1 saturated heterocycles. The van der Waals surface area contributed by atoms with E-state index in [2.05, 4.69) is 21.9 Å². The molecule has 34 heavy (non-hydrogen) atoms. The van der Waals surface area contributed by atoms with Crippen LogP contribution in [0.5, 0.6) is 0 Å². The number of piperidine rings is 1. The Morgan fingerprint density at radius 3 is 2.76 bits per heavy atom. The van der Waals surface area contributed by atoms with Gasteiger partial charge in [-0.2, -0.15) is 0 Å². The fourth-order valence-corrected chi connectivity index (χ4v) is 4.41. The molecule has 4 rings (SSSR count). The van der Waals surface area contributed by atoms with Crippen molar-refractivity contribution in [3.8, 4) is 11.1 Å². The number of aliphatic imine (C=N–C) groups is 1. The van der Waals surface area contributed by atoms with Crippen molar-refractivity contribution >= 4 is 22.8 Å². The van der Waals surface area contributed by atoms with E-state index in [1.54, 1.807) is 24.5 Å². The zero-order chi connectivity index (χ0) is 24.2. The lowest BCUT2D eigenvalue weighted by Gasteiger charge is -2.26. The van der Waals surface area contributed by atoms with Gasteiger partial charge in [-0.3, -0.25) is 4.99 Å². The van der Waals surface area contributed by atoms with Crippen LogP contribution in [-0.2, 0) is 11.2 Å². The van der Waals surface area contributed by atoms with E-state index in [1.807, 2.05) is 19.1 Å². The van der Waals surface area contributed by atoms with Gasteiger partial charge in [-0.05, 0) is 57.1 Å². The number of pyridine rings is 1. The lowest BCUT2D eigenvalue weighted by molar-refractivity contribution is 0.151. The van der Waals surface area contributed by atoms with Crippen molar-refractivity contribution in [2.75, 3.05) is 27.2 Å². The van der Waals surface area contributed by atoms with Crippen LogP contribution in [0.1, 0.15) is 43.0 Å². The second-order valence-corrected chi connectivity index (χ2v) is 8.67. The minimum atomic E-state index is -2.53. The van der Waals surface area contributed by atoms with Crippen LogP contribution in [0.2, 0.25) is 0 Å². The topological polar surface area (TPSA) is 79.5 Å². The predicted octanol–water partition coefficient (Wildman–Crippen LogP) is 5.17. The molecule has 0 atom stereocenters. The summed E-state index contributed by atoms with van der Waals surface area (Å²) in [5.41, 5.74) is 10.8. The van der Waals surface area contributed by atoms with Crippen LogP contribution in [0.4, 0.5) is 8.78 Å². The van der Waals surface area contributed by atoms with E-state index in [1.165, 1.54) is 13.2 Å². The second-order valence-electron chi connectivity index (χ2n) is 8.67. The molecule has 1 aliphatic heterocycles. The first-order valence-corrected chi connectivity index (χ1v) is 11.6. The Labute approximate surface area is 198 Å². The fraction of sp³-hybridized carbons (Fsp3) is 0.385. The predicted molar refractivity (Wildman–Crippen MR) is 133 cm³/mol. The molecule has 0 radical (unpaired) electrons. The van der Waals surface area contributed by atoms with Gasteiger partial charge in [-0.15, -0.1) is 0 Å². The van der Waals surface area contributed by atoms with E-state index < -0.39 is 6.43 Å². The number of nitrogens with one attached hydrogen (secondary N) is 1. The van der Waals surface area contributed by atoms with E-state index in [-0.39, 0.29) is 17.5 Å². The van der Waals surface area contributed by atoms with Gasteiger partial charge in [0.05, 0.1) is 18.7 Å². The van der Waals surface area contributed by atoms with Crippen LogP contribution < -0.4 is 5.73 Å². The largest absolute Gasteiger partial charge is 0.482 e. The molecule has 0 bridgehead atoms. The first kappa shape index (κ1) is 23.9. The summed E-state index contributed by atoms with van der Waals surface area (Å²) in [6, 6.07) is 8.71. The third kappa shape index (κ3) is 4.97. The maximum absolute atomic E-state index is 13.4. The summed E-state index contributed by atoms with van der Waals surface area (Å²) >= 11 is 0. The minimum Gasteiger partial charge on any atom is -0.482 e. The molecule has 0 saturated carbocycles.